The lowest BCUT2D eigenvalue weighted by Gasteiger charge is -2.26. The van der Waals surface area contributed by atoms with Crippen LogP contribution in [0.4, 0.5) is 5.69 Å². The van der Waals surface area contributed by atoms with E-state index in [2.05, 4.69) is 0 Å². The summed E-state index contributed by atoms with van der Waals surface area (Å²) >= 11 is 0. The molecule has 1 saturated heterocycles. The van der Waals surface area contributed by atoms with Gasteiger partial charge >= 0.3 is 0 Å². The zero-order valence-electron chi connectivity index (χ0n) is 15.4. The van der Waals surface area contributed by atoms with Crippen molar-refractivity contribution in [2.45, 2.75) is 25.8 Å². The topological polar surface area (TPSA) is 49.9 Å². The number of rotatable bonds is 5. The predicted molar refractivity (Wildman–Crippen MR) is 102 cm³/mol. The van der Waals surface area contributed by atoms with Crippen LogP contribution < -0.4 is 9.64 Å². The van der Waals surface area contributed by atoms with E-state index in [-0.39, 0.29) is 17.9 Å². The SMILES string of the molecule is COc1ccc(C(C)N(C)C(=O)c2ccc(N3CCCC3=O)cc2)cc1. The number of methoxy groups -OCH3 is 1. The minimum Gasteiger partial charge on any atom is -0.497 e. The molecule has 136 valence electrons. The van der Waals surface area contributed by atoms with E-state index in [4.69, 9.17) is 4.74 Å². The molecule has 26 heavy (non-hydrogen) atoms. The van der Waals surface area contributed by atoms with Crippen LogP contribution in [0, 0.1) is 0 Å². The Labute approximate surface area is 154 Å². The van der Waals surface area contributed by atoms with E-state index < -0.39 is 0 Å². The normalized spacial score (nSPS) is 15.0. The predicted octanol–water partition coefficient (Wildman–Crippen LogP) is 3.66. The number of anilines is 1. The smallest absolute Gasteiger partial charge is 0.254 e. The summed E-state index contributed by atoms with van der Waals surface area (Å²) in [4.78, 5) is 28.1. The van der Waals surface area contributed by atoms with Crippen molar-refractivity contribution in [1.29, 1.82) is 0 Å². The van der Waals surface area contributed by atoms with Gasteiger partial charge in [0.25, 0.3) is 5.91 Å². The van der Waals surface area contributed by atoms with Gasteiger partial charge in [0.15, 0.2) is 0 Å². The third-order valence-corrected chi connectivity index (χ3v) is 5.00. The monoisotopic (exact) mass is 352 g/mol. The maximum atomic E-state index is 12.8. The molecule has 1 fully saturated rings. The first-order chi connectivity index (χ1) is 12.5. The number of amides is 2. The summed E-state index contributed by atoms with van der Waals surface area (Å²) in [5.74, 6) is 0.893. The minimum atomic E-state index is -0.0618. The van der Waals surface area contributed by atoms with Crippen molar-refractivity contribution in [2.75, 3.05) is 25.6 Å². The highest BCUT2D eigenvalue weighted by Crippen LogP contribution is 2.25. The van der Waals surface area contributed by atoms with E-state index in [0.717, 1.165) is 30.0 Å². The number of carbonyl (C=O) groups is 2. The molecule has 5 nitrogen and oxygen atoms in total. The van der Waals surface area contributed by atoms with E-state index in [0.29, 0.717) is 12.0 Å². The maximum absolute atomic E-state index is 12.8. The zero-order valence-corrected chi connectivity index (χ0v) is 15.4. The molecule has 2 amide bonds. The fourth-order valence-electron chi connectivity index (χ4n) is 3.19. The molecule has 0 saturated carbocycles. The number of ether oxygens (including phenoxy) is 1. The maximum Gasteiger partial charge on any atom is 0.254 e. The van der Waals surface area contributed by atoms with Crippen molar-refractivity contribution in [1.82, 2.24) is 4.90 Å². The van der Waals surface area contributed by atoms with Gasteiger partial charge in [-0.15, -0.1) is 0 Å². The van der Waals surface area contributed by atoms with Crippen molar-refractivity contribution in [3.8, 4) is 5.75 Å². The van der Waals surface area contributed by atoms with E-state index in [1.807, 2.05) is 43.3 Å². The highest BCUT2D eigenvalue weighted by Gasteiger charge is 2.23. The molecule has 5 heteroatoms. The van der Waals surface area contributed by atoms with Gasteiger partial charge in [0.05, 0.1) is 13.2 Å². The fraction of sp³-hybridized carbons (Fsp3) is 0.333. The molecule has 1 heterocycles. The average molecular weight is 352 g/mol. The average Bonchev–Trinajstić information content (AvgIpc) is 3.12. The Kier molecular flexibility index (Phi) is 5.26. The third kappa shape index (κ3) is 3.57. The largest absolute Gasteiger partial charge is 0.497 e. The molecule has 2 aromatic rings. The Bertz CT molecular complexity index is 784. The highest BCUT2D eigenvalue weighted by atomic mass is 16.5. The Morgan fingerprint density at radius 1 is 1.12 bits per heavy atom. The van der Waals surface area contributed by atoms with Crippen LogP contribution in [-0.4, -0.2) is 37.4 Å². The first-order valence-corrected chi connectivity index (χ1v) is 8.83. The molecule has 0 spiro atoms. The lowest BCUT2D eigenvalue weighted by Crippen LogP contribution is -2.29. The standard InChI is InChI=1S/C21H24N2O3/c1-15(16-8-12-19(26-3)13-9-16)22(2)21(25)17-6-10-18(11-7-17)23-14-4-5-20(23)24/h6-13,15H,4-5,14H2,1-3H3. The molecule has 1 aliphatic rings. The van der Waals surface area contributed by atoms with Gasteiger partial charge < -0.3 is 14.5 Å². The fourth-order valence-corrected chi connectivity index (χ4v) is 3.19. The highest BCUT2D eigenvalue weighted by molar-refractivity contribution is 5.97. The van der Waals surface area contributed by atoms with Gasteiger partial charge in [-0.3, -0.25) is 9.59 Å². The molecule has 1 atom stereocenters. The molecule has 0 radical (unpaired) electrons. The van der Waals surface area contributed by atoms with E-state index in [1.165, 1.54) is 0 Å². The van der Waals surface area contributed by atoms with Crippen LogP contribution in [0.5, 0.6) is 5.75 Å². The van der Waals surface area contributed by atoms with Crippen LogP contribution in [0.3, 0.4) is 0 Å². The van der Waals surface area contributed by atoms with E-state index in [1.54, 1.807) is 36.1 Å². The Morgan fingerprint density at radius 3 is 2.31 bits per heavy atom. The second kappa shape index (κ2) is 7.60. The zero-order chi connectivity index (χ0) is 18.7. The number of carbonyl (C=O) groups excluding carboxylic acids is 2. The van der Waals surface area contributed by atoms with Crippen molar-refractivity contribution >= 4 is 17.5 Å². The van der Waals surface area contributed by atoms with Gasteiger partial charge in [-0.25, -0.2) is 0 Å². The van der Waals surface area contributed by atoms with Crippen LogP contribution in [0.2, 0.25) is 0 Å². The Balaban J connectivity index is 1.71. The number of hydrogen-bond acceptors (Lipinski definition) is 3. The van der Waals surface area contributed by atoms with Gasteiger partial charge in [0.2, 0.25) is 5.91 Å². The molecule has 0 aliphatic carbocycles. The summed E-state index contributed by atoms with van der Waals surface area (Å²) in [5, 5.41) is 0. The minimum absolute atomic E-state index is 0.0485. The molecule has 1 aliphatic heterocycles. The van der Waals surface area contributed by atoms with Crippen LogP contribution in [0.15, 0.2) is 48.5 Å². The second-order valence-corrected chi connectivity index (χ2v) is 6.56. The van der Waals surface area contributed by atoms with Crippen LogP contribution >= 0.6 is 0 Å². The van der Waals surface area contributed by atoms with Gasteiger partial charge in [-0.05, 0) is 55.3 Å². The molecule has 3 rings (SSSR count). The van der Waals surface area contributed by atoms with Crippen LogP contribution in [0.25, 0.3) is 0 Å². The van der Waals surface area contributed by atoms with Crippen molar-refractivity contribution in [3.63, 3.8) is 0 Å². The second-order valence-electron chi connectivity index (χ2n) is 6.56. The third-order valence-electron chi connectivity index (χ3n) is 5.00. The van der Waals surface area contributed by atoms with Gasteiger partial charge in [0, 0.05) is 31.3 Å². The van der Waals surface area contributed by atoms with Crippen LogP contribution in [0.1, 0.15) is 41.7 Å². The van der Waals surface area contributed by atoms with Crippen LogP contribution in [-0.2, 0) is 4.79 Å². The number of nitrogens with zero attached hydrogens (tertiary/aromatic N) is 2. The van der Waals surface area contributed by atoms with Crippen molar-refractivity contribution < 1.29 is 14.3 Å². The van der Waals surface area contributed by atoms with Gasteiger partial charge in [0.1, 0.15) is 5.75 Å². The summed E-state index contributed by atoms with van der Waals surface area (Å²) in [6, 6.07) is 14.9. The van der Waals surface area contributed by atoms with E-state index in [9.17, 15) is 9.59 Å². The molecular weight excluding hydrogens is 328 g/mol. The number of benzene rings is 2. The molecular formula is C21H24N2O3. The Morgan fingerprint density at radius 2 is 1.77 bits per heavy atom. The van der Waals surface area contributed by atoms with Crippen molar-refractivity contribution in [3.05, 3.63) is 59.7 Å². The first-order valence-electron chi connectivity index (χ1n) is 8.83. The molecule has 1 unspecified atom stereocenters. The van der Waals surface area contributed by atoms with Crippen molar-refractivity contribution in [2.24, 2.45) is 0 Å². The molecule has 0 bridgehead atoms. The summed E-state index contributed by atoms with van der Waals surface area (Å²) in [6.07, 6.45) is 1.49. The Hall–Kier alpha value is -2.82. The first kappa shape index (κ1) is 18.0. The summed E-state index contributed by atoms with van der Waals surface area (Å²) in [6.45, 7) is 2.75. The lowest BCUT2D eigenvalue weighted by molar-refractivity contribution is -0.117. The molecule has 0 aromatic heterocycles. The van der Waals surface area contributed by atoms with Gasteiger partial charge in [-0.1, -0.05) is 12.1 Å². The molecule has 2 aromatic carbocycles. The van der Waals surface area contributed by atoms with E-state index >= 15 is 0 Å². The summed E-state index contributed by atoms with van der Waals surface area (Å²) < 4.78 is 5.18. The molecule has 0 N–H and O–H groups in total. The lowest BCUT2D eigenvalue weighted by atomic mass is 10.1. The quantitative estimate of drug-likeness (QED) is 0.825. The summed E-state index contributed by atoms with van der Waals surface area (Å²) in [7, 11) is 3.43. The van der Waals surface area contributed by atoms with Gasteiger partial charge in [-0.2, -0.15) is 0 Å². The summed E-state index contributed by atoms with van der Waals surface area (Å²) in [5.41, 5.74) is 2.51. The number of hydrogen-bond donors (Lipinski definition) is 0.